The van der Waals surface area contributed by atoms with Crippen LogP contribution < -0.4 is 5.73 Å². The predicted octanol–water partition coefficient (Wildman–Crippen LogP) is 3.21. The Morgan fingerprint density at radius 2 is 1.23 bits per heavy atom. The zero-order chi connectivity index (χ0) is 22.9. The molecule has 0 aromatic carbocycles. The summed E-state index contributed by atoms with van der Waals surface area (Å²) in [6.45, 7) is 13.1. The molecule has 0 aliphatic carbocycles. The monoisotopic (exact) mass is 427 g/mol. The molecule has 0 saturated heterocycles. The van der Waals surface area contributed by atoms with Gasteiger partial charge in [0, 0.05) is 38.0 Å². The van der Waals surface area contributed by atoms with Gasteiger partial charge in [-0.05, 0) is 52.0 Å². The van der Waals surface area contributed by atoms with Gasteiger partial charge in [0.05, 0.1) is 13.0 Å². The first-order chi connectivity index (χ1) is 14.3. The van der Waals surface area contributed by atoms with E-state index in [1.54, 1.807) is 11.8 Å². The molecule has 7 heteroatoms. The number of hydrogen-bond acceptors (Lipinski definition) is 5. The van der Waals surface area contributed by atoms with Crippen molar-refractivity contribution >= 4 is 17.8 Å². The van der Waals surface area contributed by atoms with Gasteiger partial charge in [0.2, 0.25) is 11.8 Å². The Hall–Kier alpha value is -1.63. The Balaban J connectivity index is 4.59. The molecule has 0 aromatic rings. The molecule has 2 amide bonds. The number of carbonyl (C=O) groups is 3. The number of nitrogens with zero attached hydrogens (tertiary/aromatic N) is 2. The number of carbonyl (C=O) groups excluding carboxylic acids is 3. The highest BCUT2D eigenvalue weighted by atomic mass is 16.5. The minimum atomic E-state index is -0.265. The zero-order valence-electron chi connectivity index (χ0n) is 20.0. The van der Waals surface area contributed by atoms with E-state index in [2.05, 4.69) is 0 Å². The Labute approximate surface area is 183 Å². The quantitative estimate of drug-likeness (QED) is 0.284. The molecule has 0 fully saturated rings. The van der Waals surface area contributed by atoms with Crippen molar-refractivity contribution in [1.82, 2.24) is 9.80 Å². The van der Waals surface area contributed by atoms with E-state index in [4.69, 9.17) is 10.5 Å². The molecule has 0 aromatic heterocycles. The smallest absolute Gasteiger partial charge is 0.307 e. The van der Waals surface area contributed by atoms with Crippen molar-refractivity contribution in [1.29, 1.82) is 0 Å². The second kappa shape index (κ2) is 17.1. The summed E-state index contributed by atoms with van der Waals surface area (Å²) < 4.78 is 4.99. The van der Waals surface area contributed by atoms with Crippen LogP contribution in [-0.4, -0.2) is 66.9 Å². The maximum absolute atomic E-state index is 12.6. The van der Waals surface area contributed by atoms with Gasteiger partial charge in [-0.3, -0.25) is 14.4 Å². The summed E-state index contributed by atoms with van der Waals surface area (Å²) in [4.78, 5) is 40.6. The van der Waals surface area contributed by atoms with Gasteiger partial charge in [0.25, 0.3) is 0 Å². The van der Waals surface area contributed by atoms with Crippen molar-refractivity contribution in [3.63, 3.8) is 0 Å². The van der Waals surface area contributed by atoms with Crippen molar-refractivity contribution in [3.8, 4) is 0 Å². The molecular weight excluding hydrogens is 382 g/mol. The van der Waals surface area contributed by atoms with Gasteiger partial charge in [-0.2, -0.15) is 0 Å². The zero-order valence-corrected chi connectivity index (χ0v) is 20.0. The van der Waals surface area contributed by atoms with Gasteiger partial charge in [0.1, 0.15) is 0 Å². The van der Waals surface area contributed by atoms with Crippen LogP contribution in [0.15, 0.2) is 0 Å². The maximum atomic E-state index is 12.6. The fourth-order valence-electron chi connectivity index (χ4n) is 3.16. The van der Waals surface area contributed by atoms with Gasteiger partial charge in [-0.1, -0.05) is 27.7 Å². The number of unbranched alkanes of at least 4 members (excludes halogenated alkanes) is 2. The molecular formula is C23H45N3O4. The van der Waals surface area contributed by atoms with Crippen LogP contribution in [0, 0.1) is 11.8 Å². The summed E-state index contributed by atoms with van der Waals surface area (Å²) in [5, 5.41) is 0. The van der Waals surface area contributed by atoms with Gasteiger partial charge in [-0.25, -0.2) is 0 Å². The summed E-state index contributed by atoms with van der Waals surface area (Å²) in [5.41, 5.74) is 5.62. The molecule has 7 nitrogen and oxygen atoms in total. The minimum Gasteiger partial charge on any atom is -0.466 e. The molecule has 0 bridgehead atoms. The summed E-state index contributed by atoms with van der Waals surface area (Å²) >= 11 is 0. The van der Waals surface area contributed by atoms with E-state index < -0.39 is 0 Å². The summed E-state index contributed by atoms with van der Waals surface area (Å²) in [5.74, 6) is 0.0206. The second-order valence-corrected chi connectivity index (χ2v) is 8.03. The highest BCUT2D eigenvalue weighted by molar-refractivity contribution is 5.79. The van der Waals surface area contributed by atoms with E-state index in [1.165, 1.54) is 0 Å². The Morgan fingerprint density at radius 1 is 0.767 bits per heavy atom. The average Bonchev–Trinajstić information content (AvgIpc) is 2.75. The summed E-state index contributed by atoms with van der Waals surface area (Å²) in [6, 6.07) is 0. The Kier molecular flexibility index (Phi) is 16.2. The molecule has 0 radical (unpaired) electrons. The number of rotatable bonds is 17. The van der Waals surface area contributed by atoms with E-state index in [1.807, 2.05) is 32.6 Å². The van der Waals surface area contributed by atoms with Gasteiger partial charge in [0.15, 0.2) is 0 Å². The van der Waals surface area contributed by atoms with Crippen molar-refractivity contribution in [2.24, 2.45) is 17.6 Å². The first-order valence-corrected chi connectivity index (χ1v) is 11.7. The highest BCUT2D eigenvalue weighted by Gasteiger charge is 2.21. The van der Waals surface area contributed by atoms with Gasteiger partial charge in [-0.15, -0.1) is 0 Å². The first kappa shape index (κ1) is 28.4. The number of ether oxygens (including phenoxy) is 1. The van der Waals surface area contributed by atoms with Crippen LogP contribution in [0.25, 0.3) is 0 Å². The van der Waals surface area contributed by atoms with Crippen molar-refractivity contribution in [2.45, 2.75) is 79.6 Å². The second-order valence-electron chi connectivity index (χ2n) is 8.03. The highest BCUT2D eigenvalue weighted by Crippen LogP contribution is 2.12. The molecule has 0 heterocycles. The minimum absolute atomic E-state index is 0.0364. The number of amides is 2. The van der Waals surface area contributed by atoms with Crippen molar-refractivity contribution in [3.05, 3.63) is 0 Å². The molecule has 0 rings (SSSR count). The SMILES string of the molecule is CCOC(=O)CCN(CCCCCN(CCCN)C(=O)[C@@H](C)CC)C(=O)[C@@H](C)CC. The predicted molar refractivity (Wildman–Crippen MR) is 121 cm³/mol. The largest absolute Gasteiger partial charge is 0.466 e. The van der Waals surface area contributed by atoms with Crippen LogP contribution >= 0.6 is 0 Å². The van der Waals surface area contributed by atoms with Crippen LogP contribution in [0.3, 0.4) is 0 Å². The molecule has 0 aliphatic heterocycles. The Bertz CT molecular complexity index is 499. The molecule has 2 N–H and O–H groups in total. The van der Waals surface area contributed by atoms with Crippen LogP contribution in [0.5, 0.6) is 0 Å². The molecule has 176 valence electrons. The average molecular weight is 428 g/mol. The Morgan fingerprint density at radius 3 is 1.67 bits per heavy atom. The van der Waals surface area contributed by atoms with Gasteiger partial charge < -0.3 is 20.3 Å². The first-order valence-electron chi connectivity index (χ1n) is 11.7. The molecule has 0 spiro atoms. The number of hydrogen-bond donors (Lipinski definition) is 1. The standard InChI is InChI=1S/C23H45N3O4/c1-6-19(4)22(28)25(17-12-14-24)15-10-9-11-16-26(23(29)20(5)7-2)18-13-21(27)30-8-3/h19-20H,6-18,24H2,1-5H3/t19-,20-/m0/s1. The lowest BCUT2D eigenvalue weighted by Crippen LogP contribution is -2.38. The van der Waals surface area contributed by atoms with E-state index in [0.29, 0.717) is 32.8 Å². The van der Waals surface area contributed by atoms with Crippen LogP contribution in [0.1, 0.15) is 79.6 Å². The topological polar surface area (TPSA) is 92.9 Å². The summed E-state index contributed by atoms with van der Waals surface area (Å²) in [7, 11) is 0. The van der Waals surface area contributed by atoms with Gasteiger partial charge >= 0.3 is 5.97 Å². The lowest BCUT2D eigenvalue weighted by Gasteiger charge is -2.27. The van der Waals surface area contributed by atoms with Crippen molar-refractivity contribution < 1.29 is 19.1 Å². The van der Waals surface area contributed by atoms with E-state index in [-0.39, 0.29) is 36.0 Å². The third-order valence-corrected chi connectivity index (χ3v) is 5.57. The van der Waals surface area contributed by atoms with E-state index >= 15 is 0 Å². The summed E-state index contributed by atoms with van der Waals surface area (Å²) in [6.07, 6.45) is 5.34. The fraction of sp³-hybridized carbons (Fsp3) is 0.870. The normalized spacial score (nSPS) is 12.9. The van der Waals surface area contributed by atoms with E-state index in [9.17, 15) is 14.4 Å². The fourth-order valence-corrected chi connectivity index (χ4v) is 3.16. The van der Waals surface area contributed by atoms with Crippen LogP contribution in [0.2, 0.25) is 0 Å². The molecule has 0 unspecified atom stereocenters. The van der Waals surface area contributed by atoms with Crippen molar-refractivity contribution in [2.75, 3.05) is 39.3 Å². The third-order valence-electron chi connectivity index (χ3n) is 5.57. The van der Waals surface area contributed by atoms with E-state index in [0.717, 1.165) is 45.1 Å². The maximum Gasteiger partial charge on any atom is 0.307 e. The molecule has 0 saturated carbocycles. The molecule has 30 heavy (non-hydrogen) atoms. The lowest BCUT2D eigenvalue weighted by atomic mass is 10.1. The molecule has 0 aliphatic rings. The number of nitrogens with two attached hydrogens (primary N) is 1. The van der Waals surface area contributed by atoms with Crippen LogP contribution in [-0.2, 0) is 19.1 Å². The van der Waals surface area contributed by atoms with Crippen LogP contribution in [0.4, 0.5) is 0 Å². The number of esters is 1. The molecule has 2 atom stereocenters. The lowest BCUT2D eigenvalue weighted by molar-refractivity contribution is -0.144. The third kappa shape index (κ3) is 11.5.